The molecule has 0 N–H and O–H groups in total. The molecule has 1 unspecified atom stereocenters. The minimum atomic E-state index is -0.143. The van der Waals surface area contributed by atoms with Crippen LogP contribution in [0, 0.1) is 0 Å². The molecular formula is C9H16BrNO2. The maximum atomic E-state index is 11.4. The van der Waals surface area contributed by atoms with Gasteiger partial charge in [-0.2, -0.15) is 0 Å². The van der Waals surface area contributed by atoms with Gasteiger partial charge in [0.1, 0.15) is 0 Å². The van der Waals surface area contributed by atoms with Crippen LogP contribution in [0.2, 0.25) is 0 Å². The first kappa shape index (κ1) is 11.0. The normalized spacial score (nSPS) is 29.0. The van der Waals surface area contributed by atoms with E-state index in [-0.39, 0.29) is 11.5 Å². The minimum absolute atomic E-state index is 0.143. The van der Waals surface area contributed by atoms with Gasteiger partial charge in [-0.25, -0.2) is 0 Å². The average molecular weight is 250 g/mol. The summed E-state index contributed by atoms with van der Waals surface area (Å²) >= 11 is 3.18. The Labute approximate surface area is 87.6 Å². The standard InChI is InChI=1S/C9H16BrNO2/c1-9(13-2)4-3-5-11(7-9)8(12)6-10/h3-7H2,1-2H3. The van der Waals surface area contributed by atoms with Gasteiger partial charge in [0, 0.05) is 20.2 Å². The van der Waals surface area contributed by atoms with Crippen molar-refractivity contribution in [3.8, 4) is 0 Å². The fourth-order valence-corrected chi connectivity index (χ4v) is 2.02. The highest BCUT2D eigenvalue weighted by Gasteiger charge is 2.32. The third-order valence-corrected chi connectivity index (χ3v) is 3.10. The number of nitrogens with zero attached hydrogens (tertiary/aromatic N) is 1. The van der Waals surface area contributed by atoms with Crippen LogP contribution in [-0.4, -0.2) is 41.9 Å². The second kappa shape index (κ2) is 4.42. The molecule has 13 heavy (non-hydrogen) atoms. The molecule has 1 aliphatic heterocycles. The number of halogens is 1. The summed E-state index contributed by atoms with van der Waals surface area (Å²) < 4.78 is 5.39. The number of carbonyl (C=O) groups is 1. The number of methoxy groups -OCH3 is 1. The van der Waals surface area contributed by atoms with E-state index >= 15 is 0 Å². The van der Waals surface area contributed by atoms with Crippen molar-refractivity contribution in [1.82, 2.24) is 4.90 Å². The molecule has 1 rings (SSSR count). The number of amides is 1. The van der Waals surface area contributed by atoms with Crippen molar-refractivity contribution in [3.63, 3.8) is 0 Å². The Bertz CT molecular complexity index is 198. The number of hydrogen-bond acceptors (Lipinski definition) is 2. The quantitative estimate of drug-likeness (QED) is 0.693. The molecule has 1 heterocycles. The van der Waals surface area contributed by atoms with Gasteiger partial charge in [0.05, 0.1) is 10.9 Å². The van der Waals surface area contributed by atoms with Crippen molar-refractivity contribution in [2.75, 3.05) is 25.5 Å². The van der Waals surface area contributed by atoms with E-state index < -0.39 is 0 Å². The summed E-state index contributed by atoms with van der Waals surface area (Å²) in [4.78, 5) is 13.3. The van der Waals surface area contributed by atoms with E-state index in [4.69, 9.17) is 4.74 Å². The second-order valence-electron chi connectivity index (χ2n) is 3.71. The van der Waals surface area contributed by atoms with Crippen molar-refractivity contribution < 1.29 is 9.53 Å². The summed E-state index contributed by atoms with van der Waals surface area (Å²) in [7, 11) is 1.71. The van der Waals surface area contributed by atoms with Gasteiger partial charge in [-0.15, -0.1) is 0 Å². The van der Waals surface area contributed by atoms with Crippen LogP contribution in [0.4, 0.5) is 0 Å². The number of piperidine rings is 1. The van der Waals surface area contributed by atoms with Gasteiger partial charge in [0.25, 0.3) is 0 Å². The highest BCUT2D eigenvalue weighted by Crippen LogP contribution is 2.23. The van der Waals surface area contributed by atoms with Gasteiger partial charge in [-0.3, -0.25) is 4.79 Å². The predicted octanol–water partition coefficient (Wildman–Crippen LogP) is 1.41. The molecule has 0 spiro atoms. The summed E-state index contributed by atoms with van der Waals surface area (Å²) in [6.07, 6.45) is 2.07. The number of hydrogen-bond donors (Lipinski definition) is 0. The fraction of sp³-hybridized carbons (Fsp3) is 0.889. The van der Waals surface area contributed by atoms with Crippen LogP contribution >= 0.6 is 15.9 Å². The zero-order chi connectivity index (χ0) is 9.90. The SMILES string of the molecule is COC1(C)CCCN(C(=O)CBr)C1. The maximum absolute atomic E-state index is 11.4. The number of carbonyl (C=O) groups excluding carboxylic acids is 1. The Morgan fingerprint density at radius 3 is 2.92 bits per heavy atom. The third-order valence-electron chi connectivity index (χ3n) is 2.62. The molecule has 1 amide bonds. The van der Waals surface area contributed by atoms with E-state index in [2.05, 4.69) is 22.9 Å². The van der Waals surface area contributed by atoms with E-state index in [1.165, 1.54) is 0 Å². The largest absolute Gasteiger partial charge is 0.377 e. The van der Waals surface area contributed by atoms with Gasteiger partial charge in [0.15, 0.2) is 0 Å². The lowest BCUT2D eigenvalue weighted by molar-refractivity contribution is -0.136. The van der Waals surface area contributed by atoms with Gasteiger partial charge in [-0.1, -0.05) is 15.9 Å². The Morgan fingerprint density at radius 2 is 2.38 bits per heavy atom. The van der Waals surface area contributed by atoms with Crippen molar-refractivity contribution in [1.29, 1.82) is 0 Å². The topological polar surface area (TPSA) is 29.5 Å². The van der Waals surface area contributed by atoms with Crippen LogP contribution < -0.4 is 0 Å². The molecule has 0 aromatic heterocycles. The fourth-order valence-electron chi connectivity index (χ4n) is 1.67. The van der Waals surface area contributed by atoms with Crippen molar-refractivity contribution in [2.45, 2.75) is 25.4 Å². The van der Waals surface area contributed by atoms with Gasteiger partial charge in [0.2, 0.25) is 5.91 Å². The number of rotatable bonds is 2. The number of alkyl halides is 1. The molecule has 0 radical (unpaired) electrons. The molecule has 4 heteroatoms. The molecular weight excluding hydrogens is 234 g/mol. The molecule has 76 valence electrons. The molecule has 1 saturated heterocycles. The lowest BCUT2D eigenvalue weighted by Gasteiger charge is -2.39. The molecule has 3 nitrogen and oxygen atoms in total. The van der Waals surface area contributed by atoms with Crippen LogP contribution in [0.5, 0.6) is 0 Å². The van der Waals surface area contributed by atoms with E-state index in [9.17, 15) is 4.79 Å². The van der Waals surface area contributed by atoms with Gasteiger partial charge < -0.3 is 9.64 Å². The zero-order valence-electron chi connectivity index (χ0n) is 8.18. The summed E-state index contributed by atoms with van der Waals surface area (Å²) in [6.45, 7) is 3.64. The summed E-state index contributed by atoms with van der Waals surface area (Å²) in [5.41, 5.74) is -0.143. The first-order chi connectivity index (χ1) is 6.11. The third kappa shape index (κ3) is 2.68. The molecule has 0 aromatic carbocycles. The van der Waals surface area contributed by atoms with Crippen molar-refractivity contribution in [2.24, 2.45) is 0 Å². The smallest absolute Gasteiger partial charge is 0.233 e. The summed E-state index contributed by atoms with van der Waals surface area (Å²) in [6, 6.07) is 0. The maximum Gasteiger partial charge on any atom is 0.233 e. The Morgan fingerprint density at radius 1 is 1.69 bits per heavy atom. The molecule has 0 aromatic rings. The molecule has 0 saturated carbocycles. The van der Waals surface area contributed by atoms with Crippen LogP contribution in [-0.2, 0) is 9.53 Å². The number of ether oxygens (including phenoxy) is 1. The van der Waals surface area contributed by atoms with Gasteiger partial charge in [-0.05, 0) is 19.8 Å². The highest BCUT2D eigenvalue weighted by atomic mass is 79.9. The average Bonchev–Trinajstić information content (AvgIpc) is 2.17. The van der Waals surface area contributed by atoms with E-state index in [0.29, 0.717) is 11.9 Å². The Hall–Kier alpha value is -0.0900. The van der Waals surface area contributed by atoms with Crippen LogP contribution in [0.1, 0.15) is 19.8 Å². The molecule has 0 bridgehead atoms. The molecule has 0 aliphatic carbocycles. The summed E-state index contributed by atoms with van der Waals surface area (Å²) in [5, 5.41) is 0.410. The van der Waals surface area contributed by atoms with Crippen LogP contribution in [0.3, 0.4) is 0 Å². The first-order valence-electron chi connectivity index (χ1n) is 4.50. The van der Waals surface area contributed by atoms with Gasteiger partial charge >= 0.3 is 0 Å². The summed E-state index contributed by atoms with van der Waals surface area (Å²) in [5.74, 6) is 0.156. The number of likely N-dealkylation sites (tertiary alicyclic amines) is 1. The lowest BCUT2D eigenvalue weighted by Crippen LogP contribution is -2.50. The Kier molecular flexibility index (Phi) is 3.74. The van der Waals surface area contributed by atoms with Crippen LogP contribution in [0.15, 0.2) is 0 Å². The Balaban J connectivity index is 2.56. The highest BCUT2D eigenvalue weighted by molar-refractivity contribution is 9.09. The lowest BCUT2D eigenvalue weighted by atomic mass is 9.95. The van der Waals surface area contributed by atoms with E-state index in [1.54, 1.807) is 7.11 Å². The van der Waals surface area contributed by atoms with E-state index in [1.807, 2.05) is 4.90 Å². The molecule has 1 atom stereocenters. The van der Waals surface area contributed by atoms with Crippen LogP contribution in [0.25, 0.3) is 0 Å². The monoisotopic (exact) mass is 249 g/mol. The second-order valence-corrected chi connectivity index (χ2v) is 4.27. The van der Waals surface area contributed by atoms with E-state index in [0.717, 1.165) is 19.4 Å². The zero-order valence-corrected chi connectivity index (χ0v) is 9.76. The van der Waals surface area contributed by atoms with Crippen molar-refractivity contribution in [3.05, 3.63) is 0 Å². The first-order valence-corrected chi connectivity index (χ1v) is 5.62. The molecule has 1 fully saturated rings. The molecule has 1 aliphatic rings. The minimum Gasteiger partial charge on any atom is -0.377 e. The predicted molar refractivity (Wildman–Crippen MR) is 55.0 cm³/mol. The van der Waals surface area contributed by atoms with Crippen molar-refractivity contribution >= 4 is 21.8 Å².